The topological polar surface area (TPSA) is 227 Å². The van der Waals surface area contributed by atoms with Gasteiger partial charge in [-0.1, -0.05) is 6.07 Å². The fourth-order valence-corrected chi connectivity index (χ4v) is 7.87. The molecule has 0 bridgehead atoms. The molecule has 2 aliphatic heterocycles. The average Bonchev–Trinajstić information content (AvgIpc) is 3.13. The molecule has 2 aliphatic rings. The number of carbonyl (C=O) groups excluding carboxylic acids is 5. The third kappa shape index (κ3) is 17.2. The Kier molecular flexibility index (Phi) is 19.9. The summed E-state index contributed by atoms with van der Waals surface area (Å²) in [4.78, 5) is 97.6. The Hall–Kier alpha value is -3.62. The van der Waals surface area contributed by atoms with Gasteiger partial charge in [-0.05, 0) is 25.0 Å². The molecule has 0 saturated carbocycles. The molecule has 54 heavy (non-hydrogen) atoms. The molecule has 0 aromatic carbocycles. The van der Waals surface area contributed by atoms with Crippen molar-refractivity contribution in [2.45, 2.75) is 42.7 Å². The van der Waals surface area contributed by atoms with E-state index in [2.05, 4.69) is 10.3 Å². The van der Waals surface area contributed by atoms with E-state index in [-0.39, 0.29) is 76.3 Å². The number of carboxylic acids is 2. The number of carboxylic acid groups (broad SMARTS) is 2. The lowest BCUT2D eigenvalue weighted by Gasteiger charge is -2.39. The molecule has 3 rings (SSSR count). The quantitative estimate of drug-likeness (QED) is 0.0925. The van der Waals surface area contributed by atoms with Gasteiger partial charge in [-0.25, -0.2) is 0 Å². The third-order valence-corrected chi connectivity index (χ3v) is 11.3. The predicted molar refractivity (Wildman–Crippen MR) is 205 cm³/mol. The Morgan fingerprint density at radius 1 is 0.741 bits per heavy atom. The monoisotopic (exact) mass is 794 g/mol. The second-order valence-electron chi connectivity index (χ2n) is 13.5. The van der Waals surface area contributed by atoms with Crippen molar-refractivity contribution in [1.82, 2.24) is 34.8 Å². The summed E-state index contributed by atoms with van der Waals surface area (Å²) in [5.41, 5.74) is 5.93. The smallest absolute Gasteiger partial charge is 0.317 e. The van der Waals surface area contributed by atoms with Gasteiger partial charge in [-0.15, -0.1) is 0 Å². The van der Waals surface area contributed by atoms with E-state index in [1.165, 1.54) is 0 Å². The molecule has 0 unspecified atom stereocenters. The standard InChI is InChI=1S/C35H54N8O9S2/c36-30(46)4-20-53-25-28-2-1-3-29(37-28)26-54-21-5-31(47)38-35(27-45)6-8-43(9-7-35)32(48)22-40-12-10-39(18-19-44)11-13-41(23-33(49)50)16-17-42(15-14-40)24-34(51)52/h1-3,19,27H,4-18,20-26H2,(H2,36,46)(H,38,47)(H,49,50)(H,51,52). The van der Waals surface area contributed by atoms with Crippen molar-refractivity contribution in [1.29, 1.82) is 0 Å². The van der Waals surface area contributed by atoms with Crippen LogP contribution in [0.25, 0.3) is 0 Å². The largest absolute Gasteiger partial charge is 0.480 e. The van der Waals surface area contributed by atoms with Gasteiger partial charge in [-0.2, -0.15) is 23.5 Å². The van der Waals surface area contributed by atoms with Crippen molar-refractivity contribution in [2.24, 2.45) is 5.73 Å². The molecule has 1 aromatic heterocycles. The number of nitrogens with two attached hydrogens (primary N) is 1. The number of thioether (sulfide) groups is 2. The first kappa shape index (κ1) is 44.8. The average molecular weight is 795 g/mol. The summed E-state index contributed by atoms with van der Waals surface area (Å²) in [5.74, 6) is -0.230. The Bertz CT molecular complexity index is 1420. The third-order valence-electron chi connectivity index (χ3n) is 9.29. The Balaban J connectivity index is 1.48. The fraction of sp³-hybridized carbons (Fsp3) is 0.657. The molecule has 19 heteroatoms. The number of amides is 3. The zero-order chi connectivity index (χ0) is 39.3. The molecule has 0 radical (unpaired) electrons. The number of carbonyl (C=O) groups is 7. The van der Waals surface area contributed by atoms with E-state index in [0.29, 0.717) is 81.8 Å². The van der Waals surface area contributed by atoms with Crippen molar-refractivity contribution in [3.8, 4) is 0 Å². The second kappa shape index (κ2) is 24.0. The van der Waals surface area contributed by atoms with Crippen molar-refractivity contribution < 1.29 is 43.8 Å². The fourth-order valence-electron chi connectivity index (χ4n) is 6.16. The van der Waals surface area contributed by atoms with Gasteiger partial charge in [0.05, 0.1) is 43.1 Å². The van der Waals surface area contributed by atoms with Gasteiger partial charge in [0.15, 0.2) is 0 Å². The van der Waals surface area contributed by atoms with E-state index in [9.17, 15) is 43.8 Å². The van der Waals surface area contributed by atoms with E-state index in [4.69, 9.17) is 5.73 Å². The highest BCUT2D eigenvalue weighted by Crippen LogP contribution is 2.22. The van der Waals surface area contributed by atoms with Crippen LogP contribution in [0.5, 0.6) is 0 Å². The number of primary amides is 1. The number of aldehydes is 2. The number of piperidine rings is 1. The minimum atomic E-state index is -1.06. The number of nitrogens with zero attached hydrogens (tertiary/aromatic N) is 6. The Morgan fingerprint density at radius 2 is 1.22 bits per heavy atom. The van der Waals surface area contributed by atoms with Crippen molar-refractivity contribution >= 4 is 65.8 Å². The Morgan fingerprint density at radius 3 is 1.69 bits per heavy atom. The molecule has 2 saturated heterocycles. The first-order chi connectivity index (χ1) is 25.9. The lowest BCUT2D eigenvalue weighted by molar-refractivity contribution is -0.140. The van der Waals surface area contributed by atoms with Crippen LogP contribution in [0.3, 0.4) is 0 Å². The maximum absolute atomic E-state index is 13.5. The number of aliphatic carboxylic acids is 2. The summed E-state index contributed by atoms with van der Waals surface area (Å²) in [7, 11) is 0. The number of hydrogen-bond acceptors (Lipinski definition) is 14. The van der Waals surface area contributed by atoms with Gasteiger partial charge >= 0.3 is 11.9 Å². The van der Waals surface area contributed by atoms with Crippen LogP contribution in [0, 0.1) is 0 Å². The van der Waals surface area contributed by atoms with Crippen LogP contribution < -0.4 is 11.1 Å². The summed E-state index contributed by atoms with van der Waals surface area (Å²) in [6.07, 6.45) is 2.66. The first-order valence-electron chi connectivity index (χ1n) is 18.1. The molecule has 300 valence electrons. The molecule has 2 fully saturated rings. The molecule has 0 atom stereocenters. The lowest BCUT2D eigenvalue weighted by atomic mass is 9.88. The molecule has 17 nitrogen and oxygen atoms in total. The number of nitrogens with one attached hydrogen (secondary N) is 1. The summed E-state index contributed by atoms with van der Waals surface area (Å²) < 4.78 is 0. The highest BCUT2D eigenvalue weighted by atomic mass is 32.2. The van der Waals surface area contributed by atoms with Crippen LogP contribution in [-0.2, 0) is 45.1 Å². The molecule has 0 spiro atoms. The van der Waals surface area contributed by atoms with Gasteiger partial charge in [0.25, 0.3) is 0 Å². The minimum Gasteiger partial charge on any atom is -0.480 e. The van der Waals surface area contributed by atoms with E-state index in [1.807, 2.05) is 28.0 Å². The normalized spacial score (nSPS) is 18.2. The molecule has 0 aliphatic carbocycles. The zero-order valence-corrected chi connectivity index (χ0v) is 32.4. The maximum atomic E-state index is 13.5. The van der Waals surface area contributed by atoms with Crippen molar-refractivity contribution in [2.75, 3.05) is 103 Å². The summed E-state index contributed by atoms with van der Waals surface area (Å²) in [5, 5.41) is 21.7. The van der Waals surface area contributed by atoms with Gasteiger partial charge < -0.3 is 35.8 Å². The van der Waals surface area contributed by atoms with Crippen LogP contribution >= 0.6 is 23.5 Å². The van der Waals surface area contributed by atoms with Gasteiger partial charge in [0.2, 0.25) is 17.7 Å². The molecular weight excluding hydrogens is 741 g/mol. The lowest BCUT2D eigenvalue weighted by Crippen LogP contribution is -2.58. The van der Waals surface area contributed by atoms with E-state index in [1.54, 1.807) is 38.2 Å². The maximum Gasteiger partial charge on any atom is 0.317 e. The number of pyridine rings is 1. The van der Waals surface area contributed by atoms with E-state index in [0.717, 1.165) is 24.0 Å². The van der Waals surface area contributed by atoms with Gasteiger partial charge in [-0.3, -0.25) is 48.6 Å². The number of aromatic nitrogens is 1. The number of likely N-dealkylation sites (tertiary alicyclic amines) is 1. The molecule has 3 heterocycles. The summed E-state index contributed by atoms with van der Waals surface area (Å²) in [6.45, 7) is 3.44. The van der Waals surface area contributed by atoms with Gasteiger partial charge in [0, 0.05) is 101 Å². The Labute approximate surface area is 324 Å². The summed E-state index contributed by atoms with van der Waals surface area (Å²) in [6, 6.07) is 5.79. The van der Waals surface area contributed by atoms with Crippen LogP contribution in [0.4, 0.5) is 0 Å². The molecule has 5 N–H and O–H groups in total. The highest BCUT2D eigenvalue weighted by Gasteiger charge is 2.37. The number of hydrogen-bond donors (Lipinski definition) is 4. The first-order valence-corrected chi connectivity index (χ1v) is 20.4. The van der Waals surface area contributed by atoms with Crippen LogP contribution in [0.2, 0.25) is 0 Å². The second-order valence-corrected chi connectivity index (χ2v) is 15.7. The SMILES string of the molecule is NC(=O)CCSCc1cccc(CSCCC(=O)NC2(C=O)CCN(C(=O)CN3CCN(CC=O)CCN(CC(=O)O)CCN(CC(=O)O)CC3)CC2)n1. The predicted octanol–water partition coefficient (Wildman–Crippen LogP) is -0.920. The van der Waals surface area contributed by atoms with Gasteiger partial charge in [0.1, 0.15) is 12.6 Å². The number of rotatable bonds is 20. The van der Waals surface area contributed by atoms with E-state index >= 15 is 0 Å². The van der Waals surface area contributed by atoms with E-state index < -0.39 is 17.5 Å². The van der Waals surface area contributed by atoms with Crippen LogP contribution in [0.1, 0.15) is 37.1 Å². The van der Waals surface area contributed by atoms with Crippen LogP contribution in [-0.4, -0.2) is 191 Å². The molecule has 1 aromatic rings. The minimum absolute atomic E-state index is 0.0601. The molecular formula is C35H54N8O9S2. The zero-order valence-electron chi connectivity index (χ0n) is 30.8. The highest BCUT2D eigenvalue weighted by molar-refractivity contribution is 7.98. The van der Waals surface area contributed by atoms with Crippen molar-refractivity contribution in [3.63, 3.8) is 0 Å². The molecule has 3 amide bonds. The van der Waals surface area contributed by atoms with Crippen molar-refractivity contribution in [3.05, 3.63) is 29.6 Å². The van der Waals surface area contributed by atoms with Crippen LogP contribution in [0.15, 0.2) is 18.2 Å². The summed E-state index contributed by atoms with van der Waals surface area (Å²) >= 11 is 3.16.